The van der Waals surface area contributed by atoms with Crippen molar-refractivity contribution in [1.82, 2.24) is 5.32 Å². The van der Waals surface area contributed by atoms with Crippen LogP contribution >= 0.6 is 15.9 Å². The van der Waals surface area contributed by atoms with Crippen LogP contribution in [0.1, 0.15) is 17.4 Å². The first-order chi connectivity index (χ1) is 9.70. The van der Waals surface area contributed by atoms with E-state index in [1.54, 1.807) is 13.4 Å². The first-order valence-electron chi connectivity index (χ1n) is 6.40. The maximum Gasteiger partial charge on any atom is 0.125 e. The first-order valence-corrected chi connectivity index (χ1v) is 7.19. The SMILES string of the molecule is COCC(O)CNC(c1ccc(Br)cc1)c1ccco1. The van der Waals surface area contributed by atoms with Crippen LogP contribution in [0, 0.1) is 0 Å². The number of aliphatic hydroxyl groups excluding tert-OH is 1. The van der Waals surface area contributed by atoms with Crippen LogP contribution in [-0.4, -0.2) is 31.5 Å². The lowest BCUT2D eigenvalue weighted by Crippen LogP contribution is -2.33. The predicted octanol–water partition coefficient (Wildman–Crippen LogP) is 2.73. The molecule has 5 heteroatoms. The van der Waals surface area contributed by atoms with Crippen LogP contribution in [0.2, 0.25) is 0 Å². The summed E-state index contributed by atoms with van der Waals surface area (Å²) in [4.78, 5) is 0. The summed E-state index contributed by atoms with van der Waals surface area (Å²) >= 11 is 3.43. The number of furan rings is 1. The predicted molar refractivity (Wildman–Crippen MR) is 80.6 cm³/mol. The Hall–Kier alpha value is -1.14. The van der Waals surface area contributed by atoms with E-state index >= 15 is 0 Å². The summed E-state index contributed by atoms with van der Waals surface area (Å²) < 4.78 is 11.4. The van der Waals surface area contributed by atoms with Gasteiger partial charge in [0.1, 0.15) is 5.76 Å². The zero-order chi connectivity index (χ0) is 14.4. The molecule has 0 aliphatic carbocycles. The van der Waals surface area contributed by atoms with Gasteiger partial charge in [0.25, 0.3) is 0 Å². The standard InChI is InChI=1S/C15H18BrNO3/c1-19-10-13(18)9-17-15(14-3-2-8-20-14)11-4-6-12(16)7-5-11/h2-8,13,15,17-18H,9-10H2,1H3. The molecule has 0 saturated carbocycles. The van der Waals surface area contributed by atoms with Gasteiger partial charge in [-0.25, -0.2) is 0 Å². The number of halogens is 1. The molecule has 0 fully saturated rings. The second-order valence-corrected chi connectivity index (χ2v) is 5.43. The molecule has 0 bridgehead atoms. The molecular weight excluding hydrogens is 322 g/mol. The molecule has 2 rings (SSSR count). The third-order valence-electron chi connectivity index (χ3n) is 2.95. The molecule has 0 aliphatic rings. The van der Waals surface area contributed by atoms with Crippen molar-refractivity contribution >= 4 is 15.9 Å². The van der Waals surface area contributed by atoms with Crippen molar-refractivity contribution in [2.75, 3.05) is 20.3 Å². The molecule has 0 amide bonds. The third-order valence-corrected chi connectivity index (χ3v) is 3.48. The highest BCUT2D eigenvalue weighted by molar-refractivity contribution is 9.10. The van der Waals surface area contributed by atoms with Gasteiger partial charge < -0.3 is 19.6 Å². The monoisotopic (exact) mass is 339 g/mol. The van der Waals surface area contributed by atoms with Crippen LogP contribution in [-0.2, 0) is 4.74 Å². The van der Waals surface area contributed by atoms with Crippen LogP contribution in [0.5, 0.6) is 0 Å². The van der Waals surface area contributed by atoms with Gasteiger partial charge in [0.2, 0.25) is 0 Å². The van der Waals surface area contributed by atoms with Crippen LogP contribution in [0.25, 0.3) is 0 Å². The average molecular weight is 340 g/mol. The van der Waals surface area contributed by atoms with Gasteiger partial charge in [0.15, 0.2) is 0 Å². The fourth-order valence-corrected chi connectivity index (χ4v) is 2.26. The fourth-order valence-electron chi connectivity index (χ4n) is 2.00. The van der Waals surface area contributed by atoms with Gasteiger partial charge in [-0.2, -0.15) is 0 Å². The molecule has 2 atom stereocenters. The average Bonchev–Trinajstić information content (AvgIpc) is 2.95. The lowest BCUT2D eigenvalue weighted by molar-refractivity contribution is 0.0630. The quantitative estimate of drug-likeness (QED) is 0.814. The Bertz CT molecular complexity index is 498. The molecular formula is C15H18BrNO3. The molecule has 2 aromatic rings. The van der Waals surface area contributed by atoms with Gasteiger partial charge in [-0.1, -0.05) is 28.1 Å². The minimum atomic E-state index is -0.548. The lowest BCUT2D eigenvalue weighted by Gasteiger charge is -2.19. The molecule has 0 aliphatic heterocycles. The Balaban J connectivity index is 2.11. The molecule has 1 heterocycles. The second-order valence-electron chi connectivity index (χ2n) is 4.52. The van der Waals surface area contributed by atoms with E-state index in [-0.39, 0.29) is 6.04 Å². The zero-order valence-electron chi connectivity index (χ0n) is 11.3. The number of aliphatic hydroxyl groups is 1. The molecule has 0 saturated heterocycles. The summed E-state index contributed by atoms with van der Waals surface area (Å²) in [5.41, 5.74) is 1.08. The van der Waals surface area contributed by atoms with Crippen molar-refractivity contribution in [1.29, 1.82) is 0 Å². The van der Waals surface area contributed by atoms with Crippen molar-refractivity contribution < 1.29 is 14.3 Å². The first kappa shape index (κ1) is 15.3. The molecule has 2 N–H and O–H groups in total. The van der Waals surface area contributed by atoms with Crippen molar-refractivity contribution in [2.45, 2.75) is 12.1 Å². The highest BCUT2D eigenvalue weighted by Gasteiger charge is 2.17. The van der Waals surface area contributed by atoms with E-state index in [0.29, 0.717) is 13.2 Å². The van der Waals surface area contributed by atoms with Gasteiger partial charge >= 0.3 is 0 Å². The van der Waals surface area contributed by atoms with Crippen LogP contribution < -0.4 is 5.32 Å². The van der Waals surface area contributed by atoms with E-state index < -0.39 is 6.10 Å². The minimum Gasteiger partial charge on any atom is -0.467 e. The Kier molecular flexibility index (Phi) is 5.79. The minimum absolute atomic E-state index is 0.0930. The maximum atomic E-state index is 9.76. The maximum absolute atomic E-state index is 9.76. The summed E-state index contributed by atoms with van der Waals surface area (Å²) in [7, 11) is 1.57. The smallest absolute Gasteiger partial charge is 0.125 e. The van der Waals surface area contributed by atoms with Crippen LogP contribution in [0.3, 0.4) is 0 Å². The van der Waals surface area contributed by atoms with E-state index in [1.165, 1.54) is 0 Å². The van der Waals surface area contributed by atoms with Crippen molar-refractivity contribution in [3.05, 3.63) is 58.5 Å². The van der Waals surface area contributed by atoms with Crippen molar-refractivity contribution in [2.24, 2.45) is 0 Å². The Morgan fingerprint density at radius 3 is 2.65 bits per heavy atom. The Morgan fingerprint density at radius 2 is 2.05 bits per heavy atom. The van der Waals surface area contributed by atoms with Crippen molar-refractivity contribution in [3.8, 4) is 0 Å². The van der Waals surface area contributed by atoms with E-state index in [0.717, 1.165) is 15.8 Å². The van der Waals surface area contributed by atoms with Gasteiger partial charge in [-0.3, -0.25) is 0 Å². The molecule has 2 unspecified atom stereocenters. The van der Waals surface area contributed by atoms with E-state index in [1.807, 2.05) is 36.4 Å². The molecule has 108 valence electrons. The molecule has 0 spiro atoms. The number of ether oxygens (including phenoxy) is 1. The Morgan fingerprint density at radius 1 is 1.30 bits per heavy atom. The summed E-state index contributed by atoms with van der Waals surface area (Å²) in [5.74, 6) is 0.817. The number of benzene rings is 1. The summed E-state index contributed by atoms with van der Waals surface area (Å²) in [5, 5.41) is 13.1. The van der Waals surface area contributed by atoms with Gasteiger partial charge in [-0.15, -0.1) is 0 Å². The third kappa shape index (κ3) is 4.18. The summed E-state index contributed by atoms with van der Waals surface area (Å²) in [6.07, 6.45) is 1.10. The van der Waals surface area contributed by atoms with Crippen LogP contribution in [0.4, 0.5) is 0 Å². The fraction of sp³-hybridized carbons (Fsp3) is 0.333. The number of rotatable bonds is 7. The second kappa shape index (κ2) is 7.59. The lowest BCUT2D eigenvalue weighted by atomic mass is 10.0. The topological polar surface area (TPSA) is 54.6 Å². The number of methoxy groups -OCH3 is 1. The van der Waals surface area contributed by atoms with Gasteiger partial charge in [0.05, 0.1) is 25.0 Å². The normalized spacial score (nSPS) is 14.2. The summed E-state index contributed by atoms with van der Waals surface area (Å²) in [6, 6.07) is 11.7. The van der Waals surface area contributed by atoms with Gasteiger partial charge in [0, 0.05) is 18.1 Å². The largest absolute Gasteiger partial charge is 0.467 e. The molecule has 1 aromatic heterocycles. The highest BCUT2D eigenvalue weighted by atomic mass is 79.9. The van der Waals surface area contributed by atoms with E-state index in [4.69, 9.17) is 9.15 Å². The Labute approximate surface area is 126 Å². The van der Waals surface area contributed by atoms with Crippen molar-refractivity contribution in [3.63, 3.8) is 0 Å². The van der Waals surface area contributed by atoms with Crippen LogP contribution in [0.15, 0.2) is 51.6 Å². The highest BCUT2D eigenvalue weighted by Crippen LogP contribution is 2.24. The van der Waals surface area contributed by atoms with Gasteiger partial charge in [-0.05, 0) is 29.8 Å². The molecule has 20 heavy (non-hydrogen) atoms. The van der Waals surface area contributed by atoms with E-state index in [2.05, 4.69) is 21.2 Å². The summed E-state index contributed by atoms with van der Waals surface area (Å²) in [6.45, 7) is 0.730. The number of nitrogens with one attached hydrogen (secondary N) is 1. The number of hydrogen-bond donors (Lipinski definition) is 2. The molecule has 4 nitrogen and oxygen atoms in total. The molecule has 1 aromatic carbocycles. The zero-order valence-corrected chi connectivity index (χ0v) is 12.8. The molecule has 0 radical (unpaired) electrons. The number of hydrogen-bond acceptors (Lipinski definition) is 4. The van der Waals surface area contributed by atoms with E-state index in [9.17, 15) is 5.11 Å².